The van der Waals surface area contributed by atoms with E-state index < -0.39 is 6.10 Å². The molecule has 1 fully saturated rings. The average Bonchev–Trinajstić information content (AvgIpc) is 3.24. The van der Waals surface area contributed by atoms with E-state index in [4.69, 9.17) is 4.74 Å². The topological polar surface area (TPSA) is 32.7 Å². The van der Waals surface area contributed by atoms with E-state index in [2.05, 4.69) is 11.8 Å². The van der Waals surface area contributed by atoms with E-state index in [1.807, 2.05) is 0 Å². The van der Waals surface area contributed by atoms with Gasteiger partial charge in [0.15, 0.2) is 0 Å². The van der Waals surface area contributed by atoms with Crippen molar-refractivity contribution in [3.05, 3.63) is 29.6 Å². The molecule has 4 heteroatoms. The Hall–Kier alpha value is -1.13. The Morgan fingerprint density at radius 2 is 2.10 bits per heavy atom. The van der Waals surface area contributed by atoms with Gasteiger partial charge in [0.05, 0.1) is 18.4 Å². The molecule has 0 aromatic heterocycles. The number of aliphatic hydroxyl groups excluding tert-OH is 1. The van der Waals surface area contributed by atoms with Crippen molar-refractivity contribution in [3.8, 4) is 0 Å². The summed E-state index contributed by atoms with van der Waals surface area (Å²) in [5.41, 5.74) is 1.17. The summed E-state index contributed by atoms with van der Waals surface area (Å²) in [4.78, 5) is 2.05. The highest BCUT2D eigenvalue weighted by molar-refractivity contribution is 5.56. The summed E-state index contributed by atoms with van der Waals surface area (Å²) < 4.78 is 19.5. The number of aliphatic hydroxyl groups is 1. The van der Waals surface area contributed by atoms with Crippen LogP contribution in [0.25, 0.3) is 0 Å². The number of hydrogen-bond donors (Lipinski definition) is 1. The van der Waals surface area contributed by atoms with Gasteiger partial charge in [0.1, 0.15) is 5.82 Å². The minimum absolute atomic E-state index is 0.263. The number of para-hydroxylation sites is 1. The summed E-state index contributed by atoms with van der Waals surface area (Å²) >= 11 is 0. The fourth-order valence-electron chi connectivity index (χ4n) is 2.71. The molecule has 0 heterocycles. The van der Waals surface area contributed by atoms with Gasteiger partial charge in [-0.15, -0.1) is 0 Å². The van der Waals surface area contributed by atoms with Crippen LogP contribution in [0.3, 0.4) is 0 Å². The Labute approximate surface area is 120 Å². The van der Waals surface area contributed by atoms with E-state index in [-0.39, 0.29) is 11.9 Å². The minimum atomic E-state index is -0.683. The maximum atomic E-state index is 14.3. The summed E-state index contributed by atoms with van der Waals surface area (Å²) in [6, 6.07) is 5.17. The highest BCUT2D eigenvalue weighted by atomic mass is 19.1. The van der Waals surface area contributed by atoms with E-state index in [0.717, 1.165) is 0 Å². The highest BCUT2D eigenvalue weighted by Crippen LogP contribution is 2.39. The van der Waals surface area contributed by atoms with Gasteiger partial charge in [-0.05, 0) is 38.7 Å². The van der Waals surface area contributed by atoms with E-state index in [1.54, 1.807) is 26.2 Å². The van der Waals surface area contributed by atoms with Crippen molar-refractivity contribution in [2.75, 3.05) is 25.2 Å². The van der Waals surface area contributed by atoms with Crippen molar-refractivity contribution in [2.45, 2.75) is 38.8 Å². The van der Waals surface area contributed by atoms with E-state index >= 15 is 0 Å². The van der Waals surface area contributed by atoms with Crippen LogP contribution in [0.2, 0.25) is 0 Å². The summed E-state index contributed by atoms with van der Waals surface area (Å²) in [7, 11) is 1.65. The first kappa shape index (κ1) is 15.3. The number of hydrogen-bond acceptors (Lipinski definition) is 3. The smallest absolute Gasteiger partial charge is 0.146 e. The molecule has 0 amide bonds. The number of methoxy groups -OCH3 is 1. The van der Waals surface area contributed by atoms with Gasteiger partial charge in [-0.2, -0.15) is 0 Å². The molecule has 0 spiro atoms. The van der Waals surface area contributed by atoms with Gasteiger partial charge in [0.25, 0.3) is 0 Å². The number of halogens is 1. The molecule has 112 valence electrons. The second-order valence-electron chi connectivity index (χ2n) is 5.62. The molecule has 0 saturated heterocycles. The Balaban J connectivity index is 2.35. The second kappa shape index (κ2) is 6.55. The molecule has 1 saturated carbocycles. The van der Waals surface area contributed by atoms with Gasteiger partial charge < -0.3 is 14.7 Å². The largest absolute Gasteiger partial charge is 0.389 e. The maximum Gasteiger partial charge on any atom is 0.146 e. The average molecular weight is 281 g/mol. The highest BCUT2D eigenvalue weighted by Gasteiger charge is 2.34. The van der Waals surface area contributed by atoms with Crippen molar-refractivity contribution in [1.82, 2.24) is 0 Å². The van der Waals surface area contributed by atoms with Gasteiger partial charge in [-0.3, -0.25) is 0 Å². The molecule has 2 atom stereocenters. The van der Waals surface area contributed by atoms with Crippen LogP contribution in [-0.4, -0.2) is 31.4 Å². The Kier molecular flexibility index (Phi) is 5.00. The molecule has 1 aliphatic rings. The van der Waals surface area contributed by atoms with Crippen LogP contribution in [0.1, 0.15) is 38.4 Å². The van der Waals surface area contributed by atoms with Crippen LogP contribution in [0.5, 0.6) is 0 Å². The standard InChI is InChI=1S/C16H24FNO2/c1-11(13-7-8-13)18(9-10-20-3)16-14(12(2)19)5-4-6-15(16)17/h4-6,11-13,19H,7-10H2,1-3H3/t11?,12-/m0/s1. The molecule has 1 aromatic rings. The lowest BCUT2D eigenvalue weighted by Crippen LogP contribution is -2.38. The zero-order chi connectivity index (χ0) is 14.7. The number of anilines is 1. The normalized spacial score (nSPS) is 17.9. The molecule has 1 unspecified atom stereocenters. The van der Waals surface area contributed by atoms with Gasteiger partial charge in [0.2, 0.25) is 0 Å². The fourth-order valence-corrected chi connectivity index (χ4v) is 2.71. The first-order chi connectivity index (χ1) is 9.56. The molecule has 20 heavy (non-hydrogen) atoms. The number of benzene rings is 1. The molecular weight excluding hydrogens is 257 g/mol. The second-order valence-corrected chi connectivity index (χ2v) is 5.62. The van der Waals surface area contributed by atoms with E-state index in [0.29, 0.717) is 30.3 Å². The van der Waals surface area contributed by atoms with Gasteiger partial charge in [-0.1, -0.05) is 12.1 Å². The van der Waals surface area contributed by atoms with Crippen molar-refractivity contribution in [2.24, 2.45) is 5.92 Å². The Morgan fingerprint density at radius 1 is 1.40 bits per heavy atom. The van der Waals surface area contributed by atoms with E-state index in [1.165, 1.54) is 18.9 Å². The van der Waals surface area contributed by atoms with Crippen LogP contribution in [0.15, 0.2) is 18.2 Å². The predicted octanol–water partition coefficient (Wildman–Crippen LogP) is 3.13. The van der Waals surface area contributed by atoms with Crippen molar-refractivity contribution < 1.29 is 14.2 Å². The third-order valence-corrected chi connectivity index (χ3v) is 4.09. The molecule has 0 aliphatic heterocycles. The number of nitrogens with zero attached hydrogens (tertiary/aromatic N) is 1. The van der Waals surface area contributed by atoms with Crippen LogP contribution < -0.4 is 4.90 Å². The summed E-state index contributed by atoms with van der Waals surface area (Å²) in [6.45, 7) is 4.99. The quantitative estimate of drug-likeness (QED) is 0.833. The molecule has 0 radical (unpaired) electrons. The lowest BCUT2D eigenvalue weighted by molar-refractivity contribution is 0.195. The first-order valence-electron chi connectivity index (χ1n) is 7.28. The van der Waals surface area contributed by atoms with Gasteiger partial charge in [-0.25, -0.2) is 4.39 Å². The Morgan fingerprint density at radius 3 is 2.65 bits per heavy atom. The van der Waals surface area contributed by atoms with Gasteiger partial charge >= 0.3 is 0 Å². The molecule has 3 nitrogen and oxygen atoms in total. The number of rotatable bonds is 7. The zero-order valence-electron chi connectivity index (χ0n) is 12.5. The van der Waals surface area contributed by atoms with Crippen LogP contribution in [-0.2, 0) is 4.74 Å². The van der Waals surface area contributed by atoms with Crippen molar-refractivity contribution in [1.29, 1.82) is 0 Å². The number of ether oxygens (including phenoxy) is 1. The van der Waals surface area contributed by atoms with Crippen LogP contribution in [0, 0.1) is 11.7 Å². The molecule has 0 bridgehead atoms. The maximum absolute atomic E-state index is 14.3. The monoisotopic (exact) mass is 281 g/mol. The molecule has 1 aliphatic carbocycles. The lowest BCUT2D eigenvalue weighted by Gasteiger charge is -2.34. The summed E-state index contributed by atoms with van der Waals surface area (Å²) in [5, 5.41) is 9.91. The molecule has 1 aromatic carbocycles. The predicted molar refractivity (Wildman–Crippen MR) is 78.4 cm³/mol. The Bertz CT molecular complexity index is 446. The van der Waals surface area contributed by atoms with Crippen molar-refractivity contribution >= 4 is 5.69 Å². The zero-order valence-corrected chi connectivity index (χ0v) is 12.5. The fraction of sp³-hybridized carbons (Fsp3) is 0.625. The van der Waals surface area contributed by atoms with Crippen LogP contribution in [0.4, 0.5) is 10.1 Å². The lowest BCUT2D eigenvalue weighted by atomic mass is 10.0. The summed E-state index contributed by atoms with van der Waals surface area (Å²) in [5.74, 6) is 0.348. The first-order valence-corrected chi connectivity index (χ1v) is 7.28. The SMILES string of the molecule is COCCN(c1c(F)cccc1[C@H](C)O)C(C)C1CC1. The summed E-state index contributed by atoms with van der Waals surface area (Å²) in [6.07, 6.45) is 1.71. The van der Waals surface area contributed by atoms with Crippen LogP contribution >= 0.6 is 0 Å². The minimum Gasteiger partial charge on any atom is -0.389 e. The third-order valence-electron chi connectivity index (χ3n) is 4.09. The molecule has 2 rings (SSSR count). The molecular formula is C16H24FNO2. The van der Waals surface area contributed by atoms with E-state index in [9.17, 15) is 9.50 Å². The van der Waals surface area contributed by atoms with Crippen molar-refractivity contribution in [3.63, 3.8) is 0 Å². The van der Waals surface area contributed by atoms with Gasteiger partial charge in [0, 0.05) is 25.3 Å². The molecule has 1 N–H and O–H groups in total. The third kappa shape index (κ3) is 3.30.